The van der Waals surface area contributed by atoms with Gasteiger partial charge in [0.25, 0.3) is 0 Å². The average Bonchev–Trinajstić information content (AvgIpc) is 2.55. The van der Waals surface area contributed by atoms with Crippen molar-refractivity contribution in [2.75, 3.05) is 32.8 Å². The van der Waals surface area contributed by atoms with Crippen LogP contribution in [0.3, 0.4) is 0 Å². The van der Waals surface area contributed by atoms with E-state index in [4.69, 9.17) is 4.74 Å². The van der Waals surface area contributed by atoms with Crippen LogP contribution in [0.5, 0.6) is 0 Å². The van der Waals surface area contributed by atoms with Crippen molar-refractivity contribution in [2.45, 2.75) is 34.1 Å². The molecule has 5 heteroatoms. The second-order valence-corrected chi connectivity index (χ2v) is 5.98. The van der Waals surface area contributed by atoms with Gasteiger partial charge in [-0.15, -0.1) is 0 Å². The molecule has 1 heterocycles. The highest BCUT2D eigenvalue weighted by Gasteiger charge is 2.41. The molecule has 110 valence electrons. The Bertz CT molecular complexity index is 315. The van der Waals surface area contributed by atoms with Crippen LogP contribution in [-0.4, -0.2) is 49.6 Å². The number of carbonyl (C=O) groups is 2. The van der Waals surface area contributed by atoms with E-state index in [-0.39, 0.29) is 5.91 Å². The fourth-order valence-corrected chi connectivity index (χ4v) is 2.30. The van der Waals surface area contributed by atoms with Crippen LogP contribution in [0.2, 0.25) is 0 Å². The molecule has 1 aliphatic rings. The lowest BCUT2D eigenvalue weighted by Crippen LogP contribution is -2.46. The minimum absolute atomic E-state index is 0.102. The van der Waals surface area contributed by atoms with E-state index >= 15 is 0 Å². The molecule has 1 rings (SSSR count). The molecule has 0 saturated carbocycles. The van der Waals surface area contributed by atoms with E-state index < -0.39 is 17.3 Å². The second kappa shape index (κ2) is 6.89. The van der Waals surface area contributed by atoms with E-state index in [0.717, 1.165) is 19.5 Å². The molecule has 0 spiro atoms. The molecule has 1 atom stereocenters. The van der Waals surface area contributed by atoms with Gasteiger partial charge in [0.1, 0.15) is 5.92 Å². The third-order valence-corrected chi connectivity index (χ3v) is 3.29. The predicted octanol–water partition coefficient (Wildman–Crippen LogP) is 1.03. The average molecular weight is 270 g/mol. The summed E-state index contributed by atoms with van der Waals surface area (Å²) in [6.07, 6.45) is 0.922. The first kappa shape index (κ1) is 16.0. The maximum Gasteiger partial charge on any atom is 0.319 e. The lowest BCUT2D eigenvalue weighted by Gasteiger charge is -2.32. The lowest BCUT2D eigenvalue weighted by molar-refractivity contribution is -0.160. The molecule has 19 heavy (non-hydrogen) atoms. The monoisotopic (exact) mass is 270 g/mol. The summed E-state index contributed by atoms with van der Waals surface area (Å²) >= 11 is 0. The number of esters is 1. The molecule has 1 amide bonds. The molecule has 0 aromatic heterocycles. The van der Waals surface area contributed by atoms with E-state index in [1.807, 2.05) is 20.8 Å². The van der Waals surface area contributed by atoms with E-state index in [9.17, 15) is 9.59 Å². The normalized spacial score (nSPS) is 18.6. The third-order valence-electron chi connectivity index (χ3n) is 3.29. The highest BCUT2D eigenvalue weighted by molar-refractivity contribution is 5.98. The van der Waals surface area contributed by atoms with Crippen molar-refractivity contribution >= 4 is 11.9 Å². The summed E-state index contributed by atoms with van der Waals surface area (Å²) < 4.78 is 5.07. The minimum atomic E-state index is -0.717. The minimum Gasteiger partial charge on any atom is -0.465 e. The predicted molar refractivity (Wildman–Crippen MR) is 73.6 cm³/mol. The zero-order valence-electron chi connectivity index (χ0n) is 12.5. The number of nitrogens with one attached hydrogen (secondary N) is 1. The molecular weight excluding hydrogens is 244 g/mol. The van der Waals surface area contributed by atoms with Gasteiger partial charge in [0.15, 0.2) is 0 Å². The van der Waals surface area contributed by atoms with Gasteiger partial charge in [-0.3, -0.25) is 9.59 Å². The molecule has 1 saturated heterocycles. The van der Waals surface area contributed by atoms with Gasteiger partial charge in [0.2, 0.25) is 5.91 Å². The van der Waals surface area contributed by atoms with Gasteiger partial charge >= 0.3 is 5.97 Å². The Hall–Kier alpha value is -1.10. The number of nitrogens with zero attached hydrogens (tertiary/aromatic N) is 1. The molecule has 1 aliphatic heterocycles. The summed E-state index contributed by atoms with van der Waals surface area (Å²) in [4.78, 5) is 26.5. The molecule has 0 aliphatic carbocycles. The highest BCUT2D eigenvalue weighted by atomic mass is 16.5. The number of ether oxygens (including phenoxy) is 1. The first-order valence-corrected chi connectivity index (χ1v) is 7.04. The molecule has 5 nitrogen and oxygen atoms in total. The number of rotatable bonds is 3. The number of hydrogen-bond donors (Lipinski definition) is 1. The number of hydrogen-bond acceptors (Lipinski definition) is 4. The van der Waals surface area contributed by atoms with E-state index in [2.05, 4.69) is 5.32 Å². The molecule has 0 radical (unpaired) electrons. The lowest BCUT2D eigenvalue weighted by atomic mass is 9.79. The van der Waals surface area contributed by atoms with Crippen molar-refractivity contribution < 1.29 is 14.3 Å². The SMILES string of the molecule is CCOC(=O)C(C(=O)N1CCCNCC1)C(C)(C)C. The van der Waals surface area contributed by atoms with Crippen LogP contribution in [0.1, 0.15) is 34.1 Å². The molecule has 0 aromatic rings. The zero-order valence-corrected chi connectivity index (χ0v) is 12.5. The fourth-order valence-electron chi connectivity index (χ4n) is 2.30. The van der Waals surface area contributed by atoms with Crippen molar-refractivity contribution in [3.05, 3.63) is 0 Å². The van der Waals surface area contributed by atoms with Crippen molar-refractivity contribution in [1.82, 2.24) is 10.2 Å². The standard InChI is InChI=1S/C14H26N2O3/c1-5-19-13(18)11(14(2,3)4)12(17)16-9-6-7-15-8-10-16/h11,15H,5-10H2,1-4H3. The number of carbonyl (C=O) groups excluding carboxylic acids is 2. The molecule has 1 unspecified atom stereocenters. The summed E-state index contributed by atoms with van der Waals surface area (Å²) in [5.74, 6) is -1.22. The maximum absolute atomic E-state index is 12.6. The molecule has 1 fully saturated rings. The van der Waals surface area contributed by atoms with Gasteiger partial charge in [0.05, 0.1) is 6.61 Å². The van der Waals surface area contributed by atoms with Crippen LogP contribution in [0.25, 0.3) is 0 Å². The van der Waals surface area contributed by atoms with Gasteiger partial charge in [-0.2, -0.15) is 0 Å². The van der Waals surface area contributed by atoms with Crippen LogP contribution in [-0.2, 0) is 14.3 Å². The summed E-state index contributed by atoms with van der Waals surface area (Å²) in [7, 11) is 0. The highest BCUT2D eigenvalue weighted by Crippen LogP contribution is 2.29. The van der Waals surface area contributed by atoms with Crippen LogP contribution in [0, 0.1) is 11.3 Å². The van der Waals surface area contributed by atoms with Crippen molar-refractivity contribution in [3.8, 4) is 0 Å². The van der Waals surface area contributed by atoms with Gasteiger partial charge in [-0.25, -0.2) is 0 Å². The van der Waals surface area contributed by atoms with Crippen LogP contribution >= 0.6 is 0 Å². The molecule has 0 bridgehead atoms. The van der Waals surface area contributed by atoms with E-state index in [1.54, 1.807) is 11.8 Å². The Morgan fingerprint density at radius 2 is 1.95 bits per heavy atom. The van der Waals surface area contributed by atoms with Crippen LogP contribution in [0.15, 0.2) is 0 Å². The molecular formula is C14H26N2O3. The topological polar surface area (TPSA) is 58.6 Å². The Kier molecular flexibility index (Phi) is 5.79. The van der Waals surface area contributed by atoms with Crippen molar-refractivity contribution in [1.29, 1.82) is 0 Å². The van der Waals surface area contributed by atoms with E-state index in [1.165, 1.54) is 0 Å². The fraction of sp³-hybridized carbons (Fsp3) is 0.857. The second-order valence-electron chi connectivity index (χ2n) is 5.98. The Balaban J connectivity index is 2.84. The summed E-state index contributed by atoms with van der Waals surface area (Å²) in [5, 5.41) is 3.25. The van der Waals surface area contributed by atoms with Crippen LogP contribution in [0.4, 0.5) is 0 Å². The third kappa shape index (κ3) is 4.49. The van der Waals surface area contributed by atoms with Crippen molar-refractivity contribution in [3.63, 3.8) is 0 Å². The van der Waals surface area contributed by atoms with Gasteiger partial charge in [-0.1, -0.05) is 20.8 Å². The first-order chi connectivity index (χ1) is 8.88. The van der Waals surface area contributed by atoms with Gasteiger partial charge in [-0.05, 0) is 25.3 Å². The van der Waals surface area contributed by atoms with E-state index in [0.29, 0.717) is 19.7 Å². The summed E-state index contributed by atoms with van der Waals surface area (Å²) in [5.41, 5.74) is -0.428. The summed E-state index contributed by atoms with van der Waals surface area (Å²) in [6.45, 7) is 10.9. The smallest absolute Gasteiger partial charge is 0.319 e. The zero-order chi connectivity index (χ0) is 14.5. The van der Waals surface area contributed by atoms with Crippen LogP contribution < -0.4 is 5.32 Å². The molecule has 0 aromatic carbocycles. The largest absolute Gasteiger partial charge is 0.465 e. The maximum atomic E-state index is 12.6. The van der Waals surface area contributed by atoms with Gasteiger partial charge < -0.3 is 15.0 Å². The Morgan fingerprint density at radius 1 is 1.26 bits per heavy atom. The quantitative estimate of drug-likeness (QED) is 0.615. The molecule has 1 N–H and O–H groups in total. The Morgan fingerprint density at radius 3 is 2.53 bits per heavy atom. The number of amides is 1. The van der Waals surface area contributed by atoms with Gasteiger partial charge in [0, 0.05) is 19.6 Å². The first-order valence-electron chi connectivity index (χ1n) is 7.04. The Labute approximate surface area is 115 Å². The van der Waals surface area contributed by atoms with Crippen molar-refractivity contribution in [2.24, 2.45) is 11.3 Å². The summed E-state index contributed by atoms with van der Waals surface area (Å²) in [6, 6.07) is 0.